The van der Waals surface area contributed by atoms with Gasteiger partial charge in [-0.1, -0.05) is 84.9 Å². The van der Waals surface area contributed by atoms with E-state index in [1.165, 1.54) is 69.9 Å². The minimum absolute atomic E-state index is 0.178. The molecule has 2 nitrogen and oxygen atoms in total. The number of thiophene rings is 1. The lowest BCUT2D eigenvalue weighted by Gasteiger charge is -2.09. The molecule has 3 heterocycles. The van der Waals surface area contributed by atoms with E-state index < -0.39 is 0 Å². The predicted octanol–water partition coefficient (Wildman–Crippen LogP) is 9.06. The van der Waals surface area contributed by atoms with Gasteiger partial charge < -0.3 is 4.57 Å². The molecule has 0 aliphatic heterocycles. The number of rotatable bonds is 2. The summed E-state index contributed by atoms with van der Waals surface area (Å²) in [5, 5.41) is 5.20. The molecule has 182 valence electrons. The average molecular weight is 516 g/mol. The number of pyridine rings is 1. The molecule has 0 radical (unpaired) electrons. The molecule has 0 amide bonds. The molecule has 0 saturated heterocycles. The lowest BCUT2D eigenvalue weighted by molar-refractivity contribution is -0.702. The van der Waals surface area contributed by atoms with Gasteiger partial charge in [0.15, 0.2) is 12.4 Å². The molecule has 39 heavy (non-hydrogen) atoms. The summed E-state index contributed by atoms with van der Waals surface area (Å²) in [5.41, 5.74) is 9.11. The van der Waals surface area contributed by atoms with E-state index in [1.807, 2.05) is 11.3 Å². The van der Waals surface area contributed by atoms with Gasteiger partial charge in [0.05, 0.1) is 16.4 Å². The topological polar surface area (TPSA) is 8.81 Å². The van der Waals surface area contributed by atoms with Crippen molar-refractivity contribution >= 4 is 53.3 Å². The second-order valence-electron chi connectivity index (χ2n) is 10.4. The van der Waals surface area contributed by atoms with Gasteiger partial charge in [0, 0.05) is 48.4 Å². The molecule has 0 fully saturated rings. The standard InChI is InChI=1S/C36H23N2S/c1-3-13-28-24(9-1)25-10-2-4-14-29(25)36(28)37-20-19-35-31(22-37)30-21-23(17-18-34(30)39-35)38-32-15-7-5-11-26(32)27-12-6-8-16-33(27)38/h1-22,36H/q+1. The summed E-state index contributed by atoms with van der Waals surface area (Å²) < 4.78 is 7.46. The van der Waals surface area contributed by atoms with Crippen molar-refractivity contribution in [3.8, 4) is 16.8 Å². The fraction of sp³-hybridized carbons (Fsp3) is 0.0278. The molecule has 8 aromatic rings. The monoisotopic (exact) mass is 515 g/mol. The number of hydrogen-bond donors (Lipinski definition) is 0. The van der Waals surface area contributed by atoms with Crippen molar-refractivity contribution in [2.45, 2.75) is 6.04 Å². The summed E-state index contributed by atoms with van der Waals surface area (Å²) in [6.07, 6.45) is 4.63. The van der Waals surface area contributed by atoms with Crippen molar-refractivity contribution in [3.05, 3.63) is 145 Å². The van der Waals surface area contributed by atoms with Crippen LogP contribution in [0.4, 0.5) is 0 Å². The van der Waals surface area contributed by atoms with Gasteiger partial charge in [-0.05, 0) is 41.5 Å². The Morgan fingerprint density at radius 1 is 0.538 bits per heavy atom. The van der Waals surface area contributed by atoms with Crippen molar-refractivity contribution in [2.75, 3.05) is 0 Å². The third-order valence-corrected chi connectivity index (χ3v) is 9.50. The largest absolute Gasteiger partial charge is 0.309 e. The number of hydrogen-bond acceptors (Lipinski definition) is 1. The molecule has 0 spiro atoms. The molecule has 0 bridgehead atoms. The van der Waals surface area contributed by atoms with Gasteiger partial charge in [0.25, 0.3) is 0 Å². The lowest BCUT2D eigenvalue weighted by Crippen LogP contribution is -2.38. The van der Waals surface area contributed by atoms with Gasteiger partial charge in [-0.3, -0.25) is 0 Å². The Morgan fingerprint density at radius 2 is 1.13 bits per heavy atom. The van der Waals surface area contributed by atoms with Gasteiger partial charge in [0.2, 0.25) is 6.04 Å². The zero-order valence-corrected chi connectivity index (χ0v) is 21.9. The minimum atomic E-state index is 0.178. The third-order valence-electron chi connectivity index (χ3n) is 8.35. The van der Waals surface area contributed by atoms with Crippen LogP contribution in [0.2, 0.25) is 0 Å². The van der Waals surface area contributed by atoms with Crippen LogP contribution in [-0.4, -0.2) is 4.57 Å². The van der Waals surface area contributed by atoms with Crippen molar-refractivity contribution < 1.29 is 4.57 Å². The summed E-state index contributed by atoms with van der Waals surface area (Å²) in [7, 11) is 0. The maximum absolute atomic E-state index is 2.41. The summed E-state index contributed by atoms with van der Waals surface area (Å²) >= 11 is 1.87. The first-order chi connectivity index (χ1) is 19.3. The Balaban J connectivity index is 1.28. The third kappa shape index (κ3) is 2.94. The summed E-state index contributed by atoms with van der Waals surface area (Å²) in [6, 6.07) is 44.6. The molecule has 0 unspecified atom stereocenters. The van der Waals surface area contributed by atoms with Crippen molar-refractivity contribution in [1.29, 1.82) is 0 Å². The van der Waals surface area contributed by atoms with Crippen molar-refractivity contribution in [3.63, 3.8) is 0 Å². The number of benzene rings is 5. The highest BCUT2D eigenvalue weighted by molar-refractivity contribution is 7.25. The van der Waals surface area contributed by atoms with E-state index in [0.29, 0.717) is 0 Å². The molecular weight excluding hydrogens is 492 g/mol. The Bertz CT molecular complexity index is 2150. The second-order valence-corrected chi connectivity index (χ2v) is 11.5. The summed E-state index contributed by atoms with van der Waals surface area (Å²) in [4.78, 5) is 0. The molecular formula is C36H23N2S+. The van der Waals surface area contributed by atoms with Crippen LogP contribution in [0.3, 0.4) is 0 Å². The zero-order chi connectivity index (χ0) is 25.5. The Morgan fingerprint density at radius 3 is 1.82 bits per heavy atom. The van der Waals surface area contributed by atoms with E-state index in [-0.39, 0.29) is 6.04 Å². The second kappa shape index (κ2) is 7.89. The first-order valence-corrected chi connectivity index (χ1v) is 14.2. The maximum Gasteiger partial charge on any atom is 0.210 e. The van der Waals surface area contributed by atoms with Crippen LogP contribution in [-0.2, 0) is 0 Å². The van der Waals surface area contributed by atoms with Crippen molar-refractivity contribution in [2.24, 2.45) is 0 Å². The van der Waals surface area contributed by atoms with Crippen LogP contribution in [0.15, 0.2) is 134 Å². The molecule has 1 aliphatic carbocycles. The quantitative estimate of drug-likeness (QED) is 0.203. The van der Waals surface area contributed by atoms with E-state index in [0.717, 1.165) is 0 Å². The number of para-hydroxylation sites is 2. The minimum Gasteiger partial charge on any atom is -0.309 e. The van der Waals surface area contributed by atoms with Crippen LogP contribution >= 0.6 is 11.3 Å². The number of aromatic nitrogens is 2. The predicted molar refractivity (Wildman–Crippen MR) is 163 cm³/mol. The van der Waals surface area contributed by atoms with Crippen LogP contribution in [0.25, 0.3) is 58.8 Å². The molecule has 0 atom stereocenters. The van der Waals surface area contributed by atoms with Crippen LogP contribution in [0.1, 0.15) is 17.2 Å². The summed E-state index contributed by atoms with van der Waals surface area (Å²) in [5.74, 6) is 0. The van der Waals surface area contributed by atoms with Crippen molar-refractivity contribution in [1.82, 2.24) is 4.57 Å². The van der Waals surface area contributed by atoms with Gasteiger partial charge in [-0.25, -0.2) is 0 Å². The number of nitrogens with zero attached hydrogens (tertiary/aromatic N) is 2. The Hall–Kier alpha value is -4.73. The van der Waals surface area contributed by atoms with E-state index >= 15 is 0 Å². The van der Waals surface area contributed by atoms with Crippen LogP contribution < -0.4 is 4.57 Å². The van der Waals surface area contributed by atoms with Gasteiger partial charge in [0.1, 0.15) is 0 Å². The molecule has 3 aromatic heterocycles. The molecule has 1 aliphatic rings. The van der Waals surface area contributed by atoms with Crippen LogP contribution in [0, 0.1) is 0 Å². The van der Waals surface area contributed by atoms with Gasteiger partial charge in [-0.2, -0.15) is 4.57 Å². The SMILES string of the molecule is c1ccc2c(c1)-c1ccccc1C2[n+]1ccc2sc3ccc(-n4c5ccccc5c5ccccc54)cc3c2c1. The van der Waals surface area contributed by atoms with E-state index in [2.05, 4.69) is 143 Å². The zero-order valence-electron chi connectivity index (χ0n) is 21.1. The normalized spacial score (nSPS) is 13.0. The molecule has 0 N–H and O–H groups in total. The highest BCUT2D eigenvalue weighted by Gasteiger charge is 2.35. The smallest absolute Gasteiger partial charge is 0.210 e. The Kier molecular flexibility index (Phi) is 4.29. The lowest BCUT2D eigenvalue weighted by atomic mass is 10.0. The Labute approximate surface area is 229 Å². The summed E-state index contributed by atoms with van der Waals surface area (Å²) in [6.45, 7) is 0. The fourth-order valence-electron chi connectivity index (χ4n) is 6.68. The maximum atomic E-state index is 2.41. The first-order valence-electron chi connectivity index (χ1n) is 13.4. The fourth-order valence-corrected chi connectivity index (χ4v) is 7.73. The molecule has 5 aromatic carbocycles. The van der Waals surface area contributed by atoms with Crippen LogP contribution in [0.5, 0.6) is 0 Å². The van der Waals surface area contributed by atoms with Gasteiger partial charge >= 0.3 is 0 Å². The first kappa shape index (κ1) is 21.2. The average Bonchev–Trinajstić information content (AvgIpc) is 3.64. The van der Waals surface area contributed by atoms with E-state index in [9.17, 15) is 0 Å². The molecule has 0 saturated carbocycles. The molecule has 3 heteroatoms. The van der Waals surface area contributed by atoms with E-state index in [1.54, 1.807) is 0 Å². The van der Waals surface area contributed by atoms with Gasteiger partial charge in [-0.15, -0.1) is 11.3 Å². The molecule has 9 rings (SSSR count). The highest BCUT2D eigenvalue weighted by atomic mass is 32.1. The highest BCUT2D eigenvalue weighted by Crippen LogP contribution is 2.43. The number of fused-ring (bicyclic) bond motifs is 9. The van der Waals surface area contributed by atoms with E-state index in [4.69, 9.17) is 0 Å².